The fraction of sp³-hybridized carbons (Fsp3) is 0.638. The monoisotopic (exact) mass is 887 g/mol. The maximum Gasteiger partial charge on any atom is 0.306 e. The summed E-state index contributed by atoms with van der Waals surface area (Å²) in [4.78, 5) is 38.0. The Morgan fingerprint density at radius 2 is 0.719 bits per heavy atom. The van der Waals surface area contributed by atoms with Crippen LogP contribution < -0.4 is 0 Å². The molecular weight excluding hydrogens is 793 g/mol. The summed E-state index contributed by atoms with van der Waals surface area (Å²) in [5.74, 6) is -1.02. The average molecular weight is 887 g/mol. The van der Waals surface area contributed by atoms with Crippen molar-refractivity contribution in [1.29, 1.82) is 0 Å². The smallest absolute Gasteiger partial charge is 0.306 e. The lowest BCUT2D eigenvalue weighted by Crippen LogP contribution is -2.30. The van der Waals surface area contributed by atoms with E-state index < -0.39 is 6.10 Å². The molecule has 0 bridgehead atoms. The molecule has 0 rings (SSSR count). The van der Waals surface area contributed by atoms with Gasteiger partial charge in [0.2, 0.25) is 0 Å². The first-order chi connectivity index (χ1) is 31.5. The Kier molecular flexibility index (Phi) is 48.5. The van der Waals surface area contributed by atoms with Crippen LogP contribution in [0.4, 0.5) is 0 Å². The van der Waals surface area contributed by atoms with Gasteiger partial charge in [-0.1, -0.05) is 239 Å². The highest BCUT2D eigenvalue weighted by molar-refractivity contribution is 5.71. The van der Waals surface area contributed by atoms with Gasteiger partial charge in [-0.2, -0.15) is 0 Å². The van der Waals surface area contributed by atoms with Gasteiger partial charge in [0.25, 0.3) is 0 Å². The number of rotatable bonds is 45. The van der Waals surface area contributed by atoms with Gasteiger partial charge in [-0.15, -0.1) is 0 Å². The highest BCUT2D eigenvalue weighted by Crippen LogP contribution is 2.15. The maximum absolute atomic E-state index is 12.8. The van der Waals surface area contributed by atoms with Crippen molar-refractivity contribution in [2.24, 2.45) is 0 Å². The first kappa shape index (κ1) is 60.1. The number of hydrogen-bond acceptors (Lipinski definition) is 6. The van der Waals surface area contributed by atoms with Crippen LogP contribution in [0.25, 0.3) is 0 Å². The molecule has 0 saturated carbocycles. The van der Waals surface area contributed by atoms with Gasteiger partial charge < -0.3 is 14.2 Å². The van der Waals surface area contributed by atoms with E-state index in [4.69, 9.17) is 14.2 Å². The SMILES string of the molecule is CC\C=C/C=C\C=C/C=C\CCCCCCCC(=O)OC(COC(=O)CC/C=C\C/C=C\C/C=C\C/C=C\C/C=C\CC)COC(=O)CCCCCCCCCCCCCCCCC. The van der Waals surface area contributed by atoms with Crippen molar-refractivity contribution in [3.8, 4) is 0 Å². The minimum absolute atomic E-state index is 0.111. The van der Waals surface area contributed by atoms with Gasteiger partial charge in [0.05, 0.1) is 0 Å². The largest absolute Gasteiger partial charge is 0.462 e. The second-order valence-electron chi connectivity index (χ2n) is 16.8. The van der Waals surface area contributed by atoms with Crippen LogP contribution in [0.3, 0.4) is 0 Å². The van der Waals surface area contributed by atoms with Crippen LogP contribution in [0.5, 0.6) is 0 Å². The summed E-state index contributed by atoms with van der Waals surface area (Å²) >= 11 is 0. The molecule has 64 heavy (non-hydrogen) atoms. The number of carbonyl (C=O) groups is 3. The molecule has 0 aromatic rings. The van der Waals surface area contributed by atoms with Crippen molar-refractivity contribution in [3.05, 3.63) is 109 Å². The van der Waals surface area contributed by atoms with E-state index in [9.17, 15) is 14.4 Å². The van der Waals surface area contributed by atoms with Crippen molar-refractivity contribution < 1.29 is 28.6 Å². The molecule has 0 aliphatic carbocycles. The van der Waals surface area contributed by atoms with Gasteiger partial charge in [0.15, 0.2) is 6.10 Å². The third-order valence-electron chi connectivity index (χ3n) is 10.6. The molecule has 0 aromatic heterocycles. The summed E-state index contributed by atoms with van der Waals surface area (Å²) in [5.41, 5.74) is 0. The standard InChI is InChI=1S/C58H94O6/c1-4-7-10-13-16-19-22-25-28-31-33-36-39-42-45-48-51-57(60)63-54-55(64-58(61)52-49-46-43-40-37-34-30-27-24-21-18-15-12-9-6-3)53-62-56(59)50-47-44-41-38-35-32-29-26-23-20-17-14-11-8-5-2/h7,9-10,12,15-16,18-19,21,24-25,27-28,30,33,36,42,45,55H,4-6,8,11,13-14,17,20,22-23,26,29,31-32,34-35,37-41,43-44,46-54H2,1-3H3/b10-7-,12-9-,18-15-,19-16-,24-21-,28-25-,30-27-,36-33-,45-42-. The first-order valence-corrected chi connectivity index (χ1v) is 25.9. The molecular formula is C58H94O6. The summed E-state index contributed by atoms with van der Waals surface area (Å²) in [6.07, 6.45) is 69.4. The summed E-state index contributed by atoms with van der Waals surface area (Å²) in [6, 6.07) is 0. The Balaban J connectivity index is 4.54. The highest BCUT2D eigenvalue weighted by Gasteiger charge is 2.19. The van der Waals surface area contributed by atoms with E-state index in [0.717, 1.165) is 96.3 Å². The molecule has 0 amide bonds. The third kappa shape index (κ3) is 49.1. The van der Waals surface area contributed by atoms with Gasteiger partial charge in [-0.25, -0.2) is 0 Å². The van der Waals surface area contributed by atoms with E-state index in [1.807, 2.05) is 36.5 Å². The van der Waals surface area contributed by atoms with Crippen LogP contribution in [0.15, 0.2) is 109 Å². The summed E-state index contributed by atoms with van der Waals surface area (Å²) < 4.78 is 16.7. The minimum Gasteiger partial charge on any atom is -0.462 e. The first-order valence-electron chi connectivity index (χ1n) is 25.9. The Bertz CT molecular complexity index is 1340. The van der Waals surface area contributed by atoms with Crippen LogP contribution in [0, 0.1) is 0 Å². The van der Waals surface area contributed by atoms with Crippen molar-refractivity contribution in [2.45, 2.75) is 226 Å². The number of allylic oxidation sites excluding steroid dienone is 18. The van der Waals surface area contributed by atoms with E-state index in [1.165, 1.54) is 77.0 Å². The third-order valence-corrected chi connectivity index (χ3v) is 10.6. The molecule has 0 heterocycles. The zero-order chi connectivity index (χ0) is 46.5. The lowest BCUT2D eigenvalue weighted by atomic mass is 10.0. The van der Waals surface area contributed by atoms with Gasteiger partial charge in [-0.05, 0) is 70.6 Å². The van der Waals surface area contributed by atoms with Crippen LogP contribution in [-0.4, -0.2) is 37.2 Å². The van der Waals surface area contributed by atoms with Crippen LogP contribution in [-0.2, 0) is 28.6 Å². The molecule has 0 aliphatic heterocycles. The molecule has 6 heteroatoms. The van der Waals surface area contributed by atoms with Crippen molar-refractivity contribution >= 4 is 17.9 Å². The second kappa shape index (κ2) is 51.7. The van der Waals surface area contributed by atoms with E-state index in [-0.39, 0.29) is 44.0 Å². The molecule has 0 fully saturated rings. The lowest BCUT2D eigenvalue weighted by Gasteiger charge is -2.18. The number of hydrogen-bond donors (Lipinski definition) is 0. The zero-order valence-corrected chi connectivity index (χ0v) is 41.3. The van der Waals surface area contributed by atoms with Crippen LogP contribution in [0.1, 0.15) is 220 Å². The summed E-state index contributed by atoms with van der Waals surface area (Å²) in [5, 5.41) is 0. The lowest BCUT2D eigenvalue weighted by molar-refractivity contribution is -0.166. The molecule has 0 aromatic carbocycles. The molecule has 0 radical (unpaired) electrons. The van der Waals surface area contributed by atoms with Crippen molar-refractivity contribution in [1.82, 2.24) is 0 Å². The molecule has 1 atom stereocenters. The maximum atomic E-state index is 12.8. The minimum atomic E-state index is -0.820. The fourth-order valence-corrected chi connectivity index (χ4v) is 6.80. The van der Waals surface area contributed by atoms with Crippen molar-refractivity contribution in [3.63, 3.8) is 0 Å². The Morgan fingerprint density at radius 1 is 0.344 bits per heavy atom. The van der Waals surface area contributed by atoms with Gasteiger partial charge in [0, 0.05) is 19.3 Å². The number of ether oxygens (including phenoxy) is 3. The molecule has 362 valence electrons. The van der Waals surface area contributed by atoms with E-state index >= 15 is 0 Å². The molecule has 0 spiro atoms. The molecule has 0 saturated heterocycles. The second-order valence-corrected chi connectivity index (χ2v) is 16.8. The van der Waals surface area contributed by atoms with Gasteiger partial charge in [0.1, 0.15) is 13.2 Å². The number of carbonyl (C=O) groups excluding carboxylic acids is 3. The van der Waals surface area contributed by atoms with E-state index in [0.29, 0.717) is 12.8 Å². The molecule has 6 nitrogen and oxygen atoms in total. The zero-order valence-electron chi connectivity index (χ0n) is 41.3. The topological polar surface area (TPSA) is 78.9 Å². The Hall–Kier alpha value is -3.93. The van der Waals surface area contributed by atoms with Crippen molar-refractivity contribution in [2.75, 3.05) is 13.2 Å². The Morgan fingerprint density at radius 3 is 1.20 bits per heavy atom. The Labute approximate surface area is 393 Å². The molecule has 0 aliphatic rings. The summed E-state index contributed by atoms with van der Waals surface area (Å²) in [6.45, 7) is 6.29. The van der Waals surface area contributed by atoms with Crippen LogP contribution >= 0.6 is 0 Å². The van der Waals surface area contributed by atoms with Crippen LogP contribution in [0.2, 0.25) is 0 Å². The highest BCUT2D eigenvalue weighted by atomic mass is 16.6. The average Bonchev–Trinajstić information content (AvgIpc) is 3.29. The van der Waals surface area contributed by atoms with E-state index in [1.54, 1.807) is 0 Å². The van der Waals surface area contributed by atoms with E-state index in [2.05, 4.69) is 93.7 Å². The fourth-order valence-electron chi connectivity index (χ4n) is 6.80. The molecule has 1 unspecified atom stereocenters. The number of unbranched alkanes of at least 4 members (excludes halogenated alkanes) is 19. The predicted molar refractivity (Wildman–Crippen MR) is 274 cm³/mol. The molecule has 0 N–H and O–H groups in total. The summed E-state index contributed by atoms with van der Waals surface area (Å²) in [7, 11) is 0. The quantitative estimate of drug-likeness (QED) is 0.0199. The predicted octanol–water partition coefficient (Wildman–Crippen LogP) is 17.1. The van der Waals surface area contributed by atoms with Gasteiger partial charge in [-0.3, -0.25) is 14.4 Å². The van der Waals surface area contributed by atoms with Gasteiger partial charge >= 0.3 is 17.9 Å². The number of esters is 3. The normalized spacial score (nSPS) is 13.0.